The van der Waals surface area contributed by atoms with Gasteiger partial charge in [-0.25, -0.2) is 4.79 Å². The summed E-state index contributed by atoms with van der Waals surface area (Å²) < 4.78 is 4.81. The number of ether oxygens (including phenoxy) is 1. The summed E-state index contributed by atoms with van der Waals surface area (Å²) in [5.74, 6) is -0.207. The molecule has 0 fully saturated rings. The van der Waals surface area contributed by atoms with E-state index in [0.29, 0.717) is 0 Å². The molecule has 1 aliphatic heterocycles. The number of hydrogen-bond donors (Lipinski definition) is 0. The van der Waals surface area contributed by atoms with Gasteiger partial charge in [-0.1, -0.05) is 30.3 Å². The highest BCUT2D eigenvalue weighted by Gasteiger charge is 2.24. The Morgan fingerprint density at radius 2 is 2.11 bits per heavy atom. The van der Waals surface area contributed by atoms with Crippen molar-refractivity contribution in [2.75, 3.05) is 20.7 Å². The van der Waals surface area contributed by atoms with Crippen LogP contribution in [0.15, 0.2) is 35.9 Å². The summed E-state index contributed by atoms with van der Waals surface area (Å²) in [6.07, 6.45) is 2.78. The summed E-state index contributed by atoms with van der Waals surface area (Å²) in [5, 5.41) is 0. The minimum absolute atomic E-state index is 0.161. The average molecular weight is 245 g/mol. The number of carbonyl (C=O) groups is 1. The maximum absolute atomic E-state index is 11.6. The second kappa shape index (κ2) is 5.36. The predicted octanol–water partition coefficient (Wildman–Crippen LogP) is 2.47. The minimum atomic E-state index is -0.207. The maximum atomic E-state index is 11.6. The van der Waals surface area contributed by atoms with Gasteiger partial charge in [0.2, 0.25) is 0 Å². The van der Waals surface area contributed by atoms with E-state index in [-0.39, 0.29) is 12.0 Å². The van der Waals surface area contributed by atoms with Crippen LogP contribution in [-0.4, -0.2) is 31.6 Å². The molecule has 0 saturated carbocycles. The Morgan fingerprint density at radius 3 is 2.78 bits per heavy atom. The van der Waals surface area contributed by atoms with Crippen LogP contribution in [0.1, 0.15) is 23.6 Å². The summed E-state index contributed by atoms with van der Waals surface area (Å²) in [5.41, 5.74) is 3.28. The quantitative estimate of drug-likeness (QED) is 0.750. The standard InChI is InChI=1S/C15H19NO2/c1-11-6-4-5-7-13(11)14-10-12(15(17)18-3)8-9-16(14)2/h4-7,10,14H,8-9H2,1-3H3. The minimum Gasteiger partial charge on any atom is -0.466 e. The highest BCUT2D eigenvalue weighted by molar-refractivity contribution is 5.88. The van der Waals surface area contributed by atoms with E-state index < -0.39 is 0 Å². The average Bonchev–Trinajstić information content (AvgIpc) is 2.39. The van der Waals surface area contributed by atoms with Crippen molar-refractivity contribution in [3.8, 4) is 0 Å². The van der Waals surface area contributed by atoms with Crippen molar-refractivity contribution in [2.24, 2.45) is 0 Å². The summed E-state index contributed by atoms with van der Waals surface area (Å²) in [4.78, 5) is 13.9. The lowest BCUT2D eigenvalue weighted by atomic mass is 9.94. The van der Waals surface area contributed by atoms with Crippen molar-refractivity contribution < 1.29 is 9.53 Å². The number of benzene rings is 1. The van der Waals surface area contributed by atoms with E-state index in [9.17, 15) is 4.79 Å². The SMILES string of the molecule is COC(=O)C1=CC(c2ccccc2C)N(C)CC1. The Labute approximate surface area is 108 Å². The Morgan fingerprint density at radius 1 is 1.39 bits per heavy atom. The fourth-order valence-electron chi connectivity index (χ4n) is 2.38. The van der Waals surface area contributed by atoms with Crippen LogP contribution in [0.25, 0.3) is 0 Å². The number of carbonyl (C=O) groups excluding carboxylic acids is 1. The van der Waals surface area contributed by atoms with Gasteiger partial charge in [-0.15, -0.1) is 0 Å². The van der Waals surface area contributed by atoms with Crippen LogP contribution in [0.2, 0.25) is 0 Å². The van der Waals surface area contributed by atoms with Crippen molar-refractivity contribution >= 4 is 5.97 Å². The van der Waals surface area contributed by atoms with E-state index in [0.717, 1.165) is 18.5 Å². The zero-order chi connectivity index (χ0) is 13.1. The lowest BCUT2D eigenvalue weighted by Crippen LogP contribution is -2.30. The van der Waals surface area contributed by atoms with E-state index in [1.807, 2.05) is 18.2 Å². The van der Waals surface area contributed by atoms with Crippen molar-refractivity contribution in [1.82, 2.24) is 4.90 Å². The van der Waals surface area contributed by atoms with Gasteiger partial charge in [-0.05, 0) is 31.5 Å². The zero-order valence-corrected chi connectivity index (χ0v) is 11.1. The van der Waals surface area contributed by atoms with E-state index in [2.05, 4.69) is 31.0 Å². The Kier molecular flexibility index (Phi) is 3.82. The fourth-order valence-corrected chi connectivity index (χ4v) is 2.38. The molecule has 0 N–H and O–H groups in total. The van der Waals surface area contributed by atoms with Gasteiger partial charge in [0.1, 0.15) is 0 Å². The maximum Gasteiger partial charge on any atom is 0.333 e. The van der Waals surface area contributed by atoms with Gasteiger partial charge < -0.3 is 4.74 Å². The molecule has 3 nitrogen and oxygen atoms in total. The number of methoxy groups -OCH3 is 1. The molecule has 96 valence electrons. The number of hydrogen-bond acceptors (Lipinski definition) is 3. The van der Waals surface area contributed by atoms with Gasteiger partial charge >= 0.3 is 5.97 Å². The van der Waals surface area contributed by atoms with Gasteiger partial charge in [0.25, 0.3) is 0 Å². The molecule has 0 saturated heterocycles. The monoisotopic (exact) mass is 245 g/mol. The second-order valence-corrected chi connectivity index (χ2v) is 4.72. The smallest absolute Gasteiger partial charge is 0.333 e. The van der Waals surface area contributed by atoms with Crippen molar-refractivity contribution in [2.45, 2.75) is 19.4 Å². The Balaban J connectivity index is 2.36. The lowest BCUT2D eigenvalue weighted by molar-refractivity contribution is -0.136. The van der Waals surface area contributed by atoms with E-state index in [1.54, 1.807) is 0 Å². The predicted molar refractivity (Wildman–Crippen MR) is 71.3 cm³/mol. The largest absolute Gasteiger partial charge is 0.466 e. The van der Waals surface area contributed by atoms with Crippen LogP contribution in [0, 0.1) is 6.92 Å². The highest BCUT2D eigenvalue weighted by atomic mass is 16.5. The molecule has 0 spiro atoms. The van der Waals surface area contributed by atoms with E-state index in [1.165, 1.54) is 18.2 Å². The summed E-state index contributed by atoms with van der Waals surface area (Å²) >= 11 is 0. The van der Waals surface area contributed by atoms with Crippen LogP contribution in [0.4, 0.5) is 0 Å². The highest BCUT2D eigenvalue weighted by Crippen LogP contribution is 2.30. The Bertz CT molecular complexity index is 479. The van der Waals surface area contributed by atoms with Gasteiger partial charge in [0, 0.05) is 12.1 Å². The van der Waals surface area contributed by atoms with Gasteiger partial charge in [0.15, 0.2) is 0 Å². The molecule has 1 aliphatic rings. The van der Waals surface area contributed by atoms with Gasteiger partial charge in [-0.2, -0.15) is 0 Å². The molecular formula is C15H19NO2. The fraction of sp³-hybridized carbons (Fsp3) is 0.400. The number of esters is 1. The summed E-state index contributed by atoms with van der Waals surface area (Å²) in [6, 6.07) is 8.45. The molecule has 0 aliphatic carbocycles. The number of aryl methyl sites for hydroxylation is 1. The molecule has 1 heterocycles. The van der Waals surface area contributed by atoms with Crippen LogP contribution >= 0.6 is 0 Å². The van der Waals surface area contributed by atoms with Crippen molar-refractivity contribution in [3.63, 3.8) is 0 Å². The first-order chi connectivity index (χ1) is 8.63. The lowest BCUT2D eigenvalue weighted by Gasteiger charge is -2.31. The van der Waals surface area contributed by atoms with Crippen LogP contribution in [0.5, 0.6) is 0 Å². The third-order valence-corrected chi connectivity index (χ3v) is 3.52. The molecule has 1 aromatic rings. The molecule has 1 aromatic carbocycles. The van der Waals surface area contributed by atoms with Crippen LogP contribution in [-0.2, 0) is 9.53 Å². The third-order valence-electron chi connectivity index (χ3n) is 3.52. The normalized spacial score (nSPS) is 20.4. The summed E-state index contributed by atoms with van der Waals surface area (Å²) in [7, 11) is 3.52. The van der Waals surface area contributed by atoms with Gasteiger partial charge in [0.05, 0.1) is 13.2 Å². The van der Waals surface area contributed by atoms with E-state index in [4.69, 9.17) is 4.74 Å². The molecule has 18 heavy (non-hydrogen) atoms. The van der Waals surface area contributed by atoms with Crippen molar-refractivity contribution in [1.29, 1.82) is 0 Å². The number of nitrogens with zero attached hydrogens (tertiary/aromatic N) is 1. The Hall–Kier alpha value is -1.61. The molecule has 1 unspecified atom stereocenters. The first-order valence-electron chi connectivity index (χ1n) is 6.18. The first-order valence-corrected chi connectivity index (χ1v) is 6.18. The molecule has 3 heteroatoms. The molecule has 0 radical (unpaired) electrons. The van der Waals surface area contributed by atoms with Gasteiger partial charge in [-0.3, -0.25) is 4.90 Å². The van der Waals surface area contributed by atoms with Crippen molar-refractivity contribution in [3.05, 3.63) is 47.0 Å². The number of likely N-dealkylation sites (N-methyl/N-ethyl adjacent to an activating group) is 1. The zero-order valence-electron chi connectivity index (χ0n) is 11.1. The second-order valence-electron chi connectivity index (χ2n) is 4.72. The molecule has 0 amide bonds. The molecular weight excluding hydrogens is 226 g/mol. The topological polar surface area (TPSA) is 29.5 Å². The molecule has 2 rings (SSSR count). The summed E-state index contributed by atoms with van der Waals surface area (Å²) in [6.45, 7) is 2.98. The van der Waals surface area contributed by atoms with Crippen LogP contribution < -0.4 is 0 Å². The molecule has 0 bridgehead atoms. The van der Waals surface area contributed by atoms with E-state index >= 15 is 0 Å². The first kappa shape index (κ1) is 12.8. The van der Waals surface area contributed by atoms with Crippen LogP contribution in [0.3, 0.4) is 0 Å². The third kappa shape index (κ3) is 2.46. The molecule has 1 atom stereocenters. The molecule has 0 aromatic heterocycles. The number of rotatable bonds is 2.